The van der Waals surface area contributed by atoms with Crippen molar-refractivity contribution in [2.75, 3.05) is 12.3 Å². The van der Waals surface area contributed by atoms with Gasteiger partial charge in [-0.3, -0.25) is 4.79 Å². The smallest absolute Gasteiger partial charge is 0.216 e. The van der Waals surface area contributed by atoms with Gasteiger partial charge in [0.05, 0.1) is 0 Å². The van der Waals surface area contributed by atoms with E-state index in [1.54, 1.807) is 6.07 Å². The number of phenols is 2. The highest BCUT2D eigenvalue weighted by Crippen LogP contribution is 2.29. The van der Waals surface area contributed by atoms with Crippen molar-refractivity contribution in [2.24, 2.45) is 0 Å². The Morgan fingerprint density at radius 1 is 1.40 bits per heavy atom. The van der Waals surface area contributed by atoms with Crippen LogP contribution in [-0.2, 0) is 4.79 Å². The van der Waals surface area contributed by atoms with Crippen LogP contribution in [0.5, 0.6) is 11.5 Å². The summed E-state index contributed by atoms with van der Waals surface area (Å²) in [7, 11) is 0. The highest BCUT2D eigenvalue weighted by Gasteiger charge is 2.00. The summed E-state index contributed by atoms with van der Waals surface area (Å²) in [5, 5.41) is 21.0. The third-order valence-electron chi connectivity index (χ3n) is 1.69. The Balaban J connectivity index is 2.38. The first-order valence-electron chi connectivity index (χ1n) is 4.49. The van der Waals surface area contributed by atoms with Crippen LogP contribution in [0.2, 0.25) is 0 Å². The Bertz CT molecular complexity index is 355. The summed E-state index contributed by atoms with van der Waals surface area (Å²) >= 11 is 1.50. The molecule has 0 atom stereocenters. The first kappa shape index (κ1) is 11.7. The number of carbonyl (C=O) groups excluding carboxylic acids is 1. The second kappa shape index (κ2) is 5.50. The Hall–Kier alpha value is -1.36. The van der Waals surface area contributed by atoms with Crippen LogP contribution in [0.1, 0.15) is 6.92 Å². The summed E-state index contributed by atoms with van der Waals surface area (Å²) in [6.45, 7) is 2.05. The number of benzene rings is 1. The lowest BCUT2D eigenvalue weighted by molar-refractivity contribution is -0.118. The number of nitrogens with one attached hydrogen (secondary N) is 1. The molecule has 1 rings (SSSR count). The summed E-state index contributed by atoms with van der Waals surface area (Å²) < 4.78 is 0. The molecule has 0 heterocycles. The maximum absolute atomic E-state index is 10.6. The van der Waals surface area contributed by atoms with Gasteiger partial charge in [-0.2, -0.15) is 0 Å². The molecule has 4 nitrogen and oxygen atoms in total. The van der Waals surface area contributed by atoms with Gasteiger partial charge in [-0.05, 0) is 18.2 Å². The lowest BCUT2D eigenvalue weighted by atomic mass is 10.3. The number of phenolic OH excluding ortho intramolecular Hbond substituents is 2. The van der Waals surface area contributed by atoms with Gasteiger partial charge in [0.25, 0.3) is 0 Å². The predicted molar refractivity (Wildman–Crippen MR) is 59.2 cm³/mol. The van der Waals surface area contributed by atoms with Gasteiger partial charge in [0.1, 0.15) is 0 Å². The Morgan fingerprint density at radius 2 is 2.13 bits per heavy atom. The first-order chi connectivity index (χ1) is 7.09. The van der Waals surface area contributed by atoms with E-state index in [4.69, 9.17) is 5.11 Å². The molecule has 1 amide bonds. The van der Waals surface area contributed by atoms with Gasteiger partial charge in [0.15, 0.2) is 11.5 Å². The van der Waals surface area contributed by atoms with Crippen LogP contribution < -0.4 is 5.32 Å². The molecular formula is C10H13NO3S. The van der Waals surface area contributed by atoms with Gasteiger partial charge in [-0.15, -0.1) is 11.8 Å². The second-order valence-corrected chi connectivity index (χ2v) is 4.15. The molecule has 0 bridgehead atoms. The van der Waals surface area contributed by atoms with Gasteiger partial charge in [-0.25, -0.2) is 0 Å². The van der Waals surface area contributed by atoms with E-state index >= 15 is 0 Å². The van der Waals surface area contributed by atoms with Crippen LogP contribution in [0.4, 0.5) is 0 Å². The Labute approximate surface area is 92.3 Å². The highest BCUT2D eigenvalue weighted by molar-refractivity contribution is 7.99. The standard InChI is InChI=1S/C10H13NO3S/c1-7(12)11-4-5-15-8-2-3-9(13)10(14)6-8/h2-3,6,13-14H,4-5H2,1H3,(H,11,12). The van der Waals surface area contributed by atoms with Gasteiger partial charge in [-0.1, -0.05) is 0 Å². The van der Waals surface area contributed by atoms with Crippen LogP contribution in [0.25, 0.3) is 0 Å². The predicted octanol–water partition coefficient (Wildman–Crippen LogP) is 1.33. The van der Waals surface area contributed by atoms with E-state index in [9.17, 15) is 9.90 Å². The fourth-order valence-electron chi connectivity index (χ4n) is 0.989. The Kier molecular flexibility index (Phi) is 4.30. The van der Waals surface area contributed by atoms with Crippen molar-refractivity contribution in [3.63, 3.8) is 0 Å². The normalized spacial score (nSPS) is 9.93. The molecule has 0 fully saturated rings. The topological polar surface area (TPSA) is 69.6 Å². The molecule has 82 valence electrons. The van der Waals surface area contributed by atoms with E-state index in [0.29, 0.717) is 6.54 Å². The zero-order chi connectivity index (χ0) is 11.3. The fourth-order valence-corrected chi connectivity index (χ4v) is 1.79. The molecule has 1 aromatic carbocycles. The SMILES string of the molecule is CC(=O)NCCSc1ccc(O)c(O)c1. The van der Waals surface area contributed by atoms with Gasteiger partial charge in [0, 0.05) is 24.1 Å². The van der Waals surface area contributed by atoms with E-state index in [2.05, 4.69) is 5.32 Å². The average molecular weight is 227 g/mol. The monoisotopic (exact) mass is 227 g/mol. The molecule has 0 aliphatic heterocycles. The molecule has 5 heteroatoms. The van der Waals surface area contributed by atoms with E-state index in [1.165, 1.54) is 30.8 Å². The summed E-state index contributed by atoms with van der Waals surface area (Å²) in [4.78, 5) is 11.4. The quantitative estimate of drug-likeness (QED) is 0.412. The average Bonchev–Trinajstić information content (AvgIpc) is 2.18. The van der Waals surface area contributed by atoms with Gasteiger partial charge >= 0.3 is 0 Å². The summed E-state index contributed by atoms with van der Waals surface area (Å²) in [6, 6.07) is 4.65. The lowest BCUT2D eigenvalue weighted by Crippen LogP contribution is -2.22. The summed E-state index contributed by atoms with van der Waals surface area (Å²) in [6.07, 6.45) is 0. The zero-order valence-corrected chi connectivity index (χ0v) is 9.17. The van der Waals surface area contributed by atoms with Crippen molar-refractivity contribution in [1.82, 2.24) is 5.32 Å². The molecule has 1 aromatic rings. The number of hydrogen-bond donors (Lipinski definition) is 3. The molecule has 0 radical (unpaired) electrons. The number of aromatic hydroxyl groups is 2. The Morgan fingerprint density at radius 3 is 2.73 bits per heavy atom. The molecule has 0 aliphatic rings. The van der Waals surface area contributed by atoms with E-state index < -0.39 is 0 Å². The fraction of sp³-hybridized carbons (Fsp3) is 0.300. The molecule has 0 saturated heterocycles. The van der Waals surface area contributed by atoms with Crippen molar-refractivity contribution < 1.29 is 15.0 Å². The van der Waals surface area contributed by atoms with Crippen molar-refractivity contribution in [1.29, 1.82) is 0 Å². The molecular weight excluding hydrogens is 214 g/mol. The van der Waals surface area contributed by atoms with Crippen LogP contribution >= 0.6 is 11.8 Å². The van der Waals surface area contributed by atoms with Crippen LogP contribution in [0.3, 0.4) is 0 Å². The van der Waals surface area contributed by atoms with Crippen molar-refractivity contribution in [3.8, 4) is 11.5 Å². The van der Waals surface area contributed by atoms with E-state index in [1.807, 2.05) is 0 Å². The highest BCUT2D eigenvalue weighted by atomic mass is 32.2. The maximum atomic E-state index is 10.6. The van der Waals surface area contributed by atoms with Crippen molar-refractivity contribution in [2.45, 2.75) is 11.8 Å². The molecule has 3 N–H and O–H groups in total. The number of amides is 1. The number of hydrogen-bond acceptors (Lipinski definition) is 4. The van der Waals surface area contributed by atoms with Crippen LogP contribution in [0.15, 0.2) is 23.1 Å². The van der Waals surface area contributed by atoms with Gasteiger partial charge < -0.3 is 15.5 Å². The molecule has 0 spiro atoms. The minimum atomic E-state index is -0.125. The van der Waals surface area contributed by atoms with Crippen LogP contribution in [0, 0.1) is 0 Å². The molecule has 0 aliphatic carbocycles. The van der Waals surface area contributed by atoms with E-state index in [-0.39, 0.29) is 17.4 Å². The minimum Gasteiger partial charge on any atom is -0.504 e. The zero-order valence-electron chi connectivity index (χ0n) is 8.36. The number of carbonyl (C=O) groups is 1. The van der Waals surface area contributed by atoms with Crippen molar-refractivity contribution >= 4 is 17.7 Å². The van der Waals surface area contributed by atoms with Gasteiger partial charge in [0.2, 0.25) is 5.91 Å². The summed E-state index contributed by atoms with van der Waals surface area (Å²) in [5.41, 5.74) is 0. The third-order valence-corrected chi connectivity index (χ3v) is 2.69. The number of rotatable bonds is 4. The molecule has 0 saturated carbocycles. The number of thioether (sulfide) groups is 1. The molecule has 0 aromatic heterocycles. The van der Waals surface area contributed by atoms with Crippen LogP contribution in [-0.4, -0.2) is 28.4 Å². The van der Waals surface area contributed by atoms with Crippen molar-refractivity contribution in [3.05, 3.63) is 18.2 Å². The molecule has 0 unspecified atom stereocenters. The molecule has 15 heavy (non-hydrogen) atoms. The summed E-state index contributed by atoms with van der Waals surface area (Å²) in [5.74, 6) is 0.425. The lowest BCUT2D eigenvalue weighted by Gasteiger charge is -2.04. The second-order valence-electron chi connectivity index (χ2n) is 2.98. The van der Waals surface area contributed by atoms with E-state index in [0.717, 1.165) is 10.6 Å². The minimum absolute atomic E-state index is 0.0517. The first-order valence-corrected chi connectivity index (χ1v) is 5.47. The third kappa shape index (κ3) is 4.12. The maximum Gasteiger partial charge on any atom is 0.216 e. The largest absolute Gasteiger partial charge is 0.504 e.